The molecule has 0 spiro atoms. The van der Waals surface area contributed by atoms with E-state index in [1.807, 2.05) is 24.3 Å². The van der Waals surface area contributed by atoms with Crippen LogP contribution >= 0.6 is 23.1 Å². The van der Waals surface area contributed by atoms with Gasteiger partial charge >= 0.3 is 0 Å². The fourth-order valence-corrected chi connectivity index (χ4v) is 3.70. The summed E-state index contributed by atoms with van der Waals surface area (Å²) < 4.78 is 1.11. The Morgan fingerprint density at radius 3 is 3.00 bits per heavy atom. The second kappa shape index (κ2) is 5.80. The molecule has 1 aliphatic rings. The quantitative estimate of drug-likeness (QED) is 0.939. The van der Waals surface area contributed by atoms with Gasteiger partial charge in [-0.1, -0.05) is 23.9 Å². The number of thiazole rings is 1. The van der Waals surface area contributed by atoms with E-state index in [-0.39, 0.29) is 17.7 Å². The van der Waals surface area contributed by atoms with E-state index in [0.29, 0.717) is 13.1 Å². The number of hydrogen-bond donors (Lipinski definition) is 1. The second-order valence-electron chi connectivity index (χ2n) is 4.39. The highest BCUT2D eigenvalue weighted by Crippen LogP contribution is 2.21. The third-order valence-electron chi connectivity index (χ3n) is 2.95. The van der Waals surface area contributed by atoms with Gasteiger partial charge < -0.3 is 10.2 Å². The molecule has 1 aliphatic heterocycles. The Bertz CT molecular complexity index is 623. The SMILES string of the molecule is O=C(CN1CCSC1=O)NCc1nc2ccccc2s1. The first-order valence-electron chi connectivity index (χ1n) is 6.25. The summed E-state index contributed by atoms with van der Waals surface area (Å²) in [6, 6.07) is 7.89. The van der Waals surface area contributed by atoms with E-state index < -0.39 is 0 Å². The van der Waals surface area contributed by atoms with Crippen molar-refractivity contribution in [2.75, 3.05) is 18.8 Å². The number of nitrogens with zero attached hydrogens (tertiary/aromatic N) is 2. The number of amides is 2. The highest BCUT2D eigenvalue weighted by molar-refractivity contribution is 8.13. The third kappa shape index (κ3) is 2.94. The van der Waals surface area contributed by atoms with Crippen LogP contribution in [0, 0.1) is 0 Å². The molecule has 104 valence electrons. The summed E-state index contributed by atoms with van der Waals surface area (Å²) in [4.78, 5) is 29.2. The van der Waals surface area contributed by atoms with Gasteiger partial charge in [-0.05, 0) is 12.1 Å². The van der Waals surface area contributed by atoms with E-state index >= 15 is 0 Å². The molecule has 0 bridgehead atoms. The first kappa shape index (κ1) is 13.4. The predicted molar refractivity (Wildman–Crippen MR) is 80.9 cm³/mol. The molecule has 2 heterocycles. The van der Waals surface area contributed by atoms with Crippen molar-refractivity contribution in [3.63, 3.8) is 0 Å². The summed E-state index contributed by atoms with van der Waals surface area (Å²) in [6.07, 6.45) is 0. The highest BCUT2D eigenvalue weighted by Gasteiger charge is 2.23. The zero-order chi connectivity index (χ0) is 13.9. The Kier molecular flexibility index (Phi) is 3.88. The second-order valence-corrected chi connectivity index (χ2v) is 6.55. The summed E-state index contributed by atoms with van der Waals surface area (Å²) in [7, 11) is 0. The molecule has 0 aliphatic carbocycles. The number of hydrogen-bond acceptors (Lipinski definition) is 5. The van der Waals surface area contributed by atoms with Gasteiger partial charge in [0.15, 0.2) is 0 Å². The summed E-state index contributed by atoms with van der Waals surface area (Å²) in [6.45, 7) is 1.20. The van der Waals surface area contributed by atoms with E-state index in [1.165, 1.54) is 11.8 Å². The molecule has 1 aromatic carbocycles. The van der Waals surface area contributed by atoms with Crippen molar-refractivity contribution in [1.29, 1.82) is 0 Å². The molecule has 5 nitrogen and oxygen atoms in total. The molecule has 0 atom stereocenters. The smallest absolute Gasteiger partial charge is 0.282 e. The van der Waals surface area contributed by atoms with Crippen LogP contribution in [0.1, 0.15) is 5.01 Å². The molecule has 1 N–H and O–H groups in total. The van der Waals surface area contributed by atoms with E-state index in [9.17, 15) is 9.59 Å². The van der Waals surface area contributed by atoms with Gasteiger partial charge in [-0.15, -0.1) is 11.3 Å². The lowest BCUT2D eigenvalue weighted by molar-refractivity contribution is -0.121. The van der Waals surface area contributed by atoms with Gasteiger partial charge in [0.2, 0.25) is 5.91 Å². The minimum atomic E-state index is -0.139. The molecule has 0 radical (unpaired) electrons. The van der Waals surface area contributed by atoms with Crippen LogP contribution < -0.4 is 5.32 Å². The molecule has 2 aromatic rings. The molecule has 1 aromatic heterocycles. The molecular weight excluding hydrogens is 294 g/mol. The standard InChI is InChI=1S/C13H13N3O2S2/c17-11(8-16-5-6-19-13(16)18)14-7-12-15-9-3-1-2-4-10(9)20-12/h1-4H,5-8H2,(H,14,17). The fourth-order valence-electron chi connectivity index (χ4n) is 1.97. The minimum absolute atomic E-state index is 0.0138. The molecule has 20 heavy (non-hydrogen) atoms. The van der Waals surface area contributed by atoms with Crippen molar-refractivity contribution in [2.45, 2.75) is 6.54 Å². The Hall–Kier alpha value is -1.60. The molecule has 0 unspecified atom stereocenters. The molecule has 2 amide bonds. The number of nitrogens with one attached hydrogen (secondary N) is 1. The van der Waals surface area contributed by atoms with E-state index in [2.05, 4.69) is 10.3 Å². The van der Waals surface area contributed by atoms with Crippen LogP contribution in [-0.4, -0.2) is 39.9 Å². The molecule has 7 heteroatoms. The number of carbonyl (C=O) groups is 2. The van der Waals surface area contributed by atoms with Gasteiger partial charge in [-0.3, -0.25) is 9.59 Å². The van der Waals surface area contributed by atoms with Crippen LogP contribution in [-0.2, 0) is 11.3 Å². The Morgan fingerprint density at radius 1 is 1.40 bits per heavy atom. The number of fused-ring (bicyclic) bond motifs is 1. The lowest BCUT2D eigenvalue weighted by atomic mass is 10.3. The van der Waals surface area contributed by atoms with Crippen LogP contribution in [0.4, 0.5) is 4.79 Å². The number of carbonyl (C=O) groups excluding carboxylic acids is 2. The zero-order valence-corrected chi connectivity index (χ0v) is 12.3. The average Bonchev–Trinajstić information content (AvgIpc) is 3.03. The Labute approximate surface area is 124 Å². The minimum Gasteiger partial charge on any atom is -0.348 e. The van der Waals surface area contributed by atoms with E-state index in [4.69, 9.17) is 0 Å². The lowest BCUT2D eigenvalue weighted by Crippen LogP contribution is -2.36. The summed E-state index contributed by atoms with van der Waals surface area (Å²) in [5, 5.41) is 3.68. The molecule has 0 saturated carbocycles. The maximum absolute atomic E-state index is 11.8. The average molecular weight is 307 g/mol. The molecule has 1 saturated heterocycles. The van der Waals surface area contributed by atoms with Gasteiger partial charge in [0.1, 0.15) is 11.6 Å². The van der Waals surface area contributed by atoms with Crippen LogP contribution in [0.3, 0.4) is 0 Å². The van der Waals surface area contributed by atoms with Crippen LogP contribution in [0.15, 0.2) is 24.3 Å². The topological polar surface area (TPSA) is 62.3 Å². The van der Waals surface area contributed by atoms with Gasteiger partial charge in [-0.2, -0.15) is 0 Å². The number of thioether (sulfide) groups is 1. The maximum atomic E-state index is 11.8. The highest BCUT2D eigenvalue weighted by atomic mass is 32.2. The zero-order valence-electron chi connectivity index (χ0n) is 10.7. The summed E-state index contributed by atoms with van der Waals surface area (Å²) in [5.41, 5.74) is 0.952. The monoisotopic (exact) mass is 307 g/mol. The number of para-hydroxylation sites is 1. The van der Waals surface area contributed by atoms with E-state index in [1.54, 1.807) is 16.2 Å². The third-order valence-corrected chi connectivity index (χ3v) is 4.88. The predicted octanol–water partition coefficient (Wildman–Crippen LogP) is 2.08. The van der Waals surface area contributed by atoms with Crippen LogP contribution in [0.25, 0.3) is 10.2 Å². The van der Waals surface area contributed by atoms with Crippen molar-refractivity contribution in [3.05, 3.63) is 29.3 Å². The lowest BCUT2D eigenvalue weighted by Gasteiger charge is -2.13. The maximum Gasteiger partial charge on any atom is 0.282 e. The number of aromatic nitrogens is 1. The first-order chi connectivity index (χ1) is 9.72. The van der Waals surface area contributed by atoms with Crippen molar-refractivity contribution >= 4 is 44.5 Å². The normalized spacial score (nSPS) is 15.0. The van der Waals surface area contributed by atoms with Gasteiger partial charge in [-0.25, -0.2) is 4.98 Å². The number of rotatable bonds is 4. The van der Waals surface area contributed by atoms with Gasteiger partial charge in [0.25, 0.3) is 5.24 Å². The molecule has 3 rings (SSSR count). The molecule has 1 fully saturated rings. The van der Waals surface area contributed by atoms with Gasteiger partial charge in [0.05, 0.1) is 16.8 Å². The van der Waals surface area contributed by atoms with Gasteiger partial charge in [0, 0.05) is 12.3 Å². The van der Waals surface area contributed by atoms with E-state index in [0.717, 1.165) is 21.0 Å². The van der Waals surface area contributed by atoms with Crippen molar-refractivity contribution < 1.29 is 9.59 Å². The number of benzene rings is 1. The summed E-state index contributed by atoms with van der Waals surface area (Å²) in [5.74, 6) is 0.629. The van der Waals surface area contributed by atoms with Crippen molar-refractivity contribution in [3.8, 4) is 0 Å². The Balaban J connectivity index is 1.56. The fraction of sp³-hybridized carbons (Fsp3) is 0.308. The molecular formula is C13H13N3O2S2. The first-order valence-corrected chi connectivity index (χ1v) is 8.05. The Morgan fingerprint density at radius 2 is 2.25 bits per heavy atom. The van der Waals surface area contributed by atoms with Crippen molar-refractivity contribution in [1.82, 2.24) is 15.2 Å². The van der Waals surface area contributed by atoms with Crippen LogP contribution in [0.5, 0.6) is 0 Å². The van der Waals surface area contributed by atoms with Crippen LogP contribution in [0.2, 0.25) is 0 Å². The van der Waals surface area contributed by atoms with Crippen molar-refractivity contribution in [2.24, 2.45) is 0 Å². The summed E-state index contributed by atoms with van der Waals surface area (Å²) >= 11 is 2.83. The largest absolute Gasteiger partial charge is 0.348 e.